The molecule has 32 heavy (non-hydrogen) atoms. The molecule has 0 radical (unpaired) electrons. The van der Waals surface area contributed by atoms with Gasteiger partial charge >= 0.3 is 0 Å². The number of phenols is 1. The summed E-state index contributed by atoms with van der Waals surface area (Å²) in [4.78, 5) is 11.8. The SMILES string of the molecule is O=C(Nc1ccc2c(O)c(N=Nc3ccccc3)c(S(=O)(=O)O)cc2c1)c1ccccc1. The van der Waals surface area contributed by atoms with Crippen LogP contribution in [0.2, 0.25) is 0 Å². The molecule has 160 valence electrons. The van der Waals surface area contributed by atoms with Crippen LogP contribution in [0.3, 0.4) is 0 Å². The number of benzene rings is 4. The molecular formula is C23H17N3O5S. The minimum Gasteiger partial charge on any atom is -0.505 e. The highest BCUT2D eigenvalue weighted by atomic mass is 32.2. The molecule has 0 aliphatic rings. The summed E-state index contributed by atoms with van der Waals surface area (Å²) in [6.45, 7) is 0. The number of carbonyl (C=O) groups excluding carboxylic acids is 1. The number of nitrogens with zero attached hydrogens (tertiary/aromatic N) is 2. The summed E-state index contributed by atoms with van der Waals surface area (Å²) in [7, 11) is -4.73. The predicted octanol–water partition coefficient (Wildman–Crippen LogP) is 5.46. The van der Waals surface area contributed by atoms with Gasteiger partial charge in [0.2, 0.25) is 0 Å². The fourth-order valence-corrected chi connectivity index (χ4v) is 3.78. The van der Waals surface area contributed by atoms with Gasteiger partial charge in [-0.2, -0.15) is 13.5 Å². The molecule has 0 aromatic heterocycles. The lowest BCUT2D eigenvalue weighted by Gasteiger charge is -2.11. The molecule has 0 aliphatic carbocycles. The Kier molecular flexibility index (Phi) is 5.67. The first kappa shape index (κ1) is 21.2. The molecular weight excluding hydrogens is 430 g/mol. The van der Waals surface area contributed by atoms with Crippen LogP contribution in [0.25, 0.3) is 10.8 Å². The molecule has 1 amide bonds. The zero-order chi connectivity index (χ0) is 22.7. The highest BCUT2D eigenvalue weighted by molar-refractivity contribution is 7.86. The Labute approximate surface area is 183 Å². The average molecular weight is 447 g/mol. The van der Waals surface area contributed by atoms with Crippen molar-refractivity contribution in [2.45, 2.75) is 4.90 Å². The molecule has 0 bridgehead atoms. The number of rotatable bonds is 5. The first-order chi connectivity index (χ1) is 15.3. The van der Waals surface area contributed by atoms with E-state index in [-0.39, 0.29) is 22.4 Å². The van der Waals surface area contributed by atoms with E-state index in [4.69, 9.17) is 0 Å². The summed E-state index contributed by atoms with van der Waals surface area (Å²) in [6.07, 6.45) is 0. The average Bonchev–Trinajstić information content (AvgIpc) is 2.79. The van der Waals surface area contributed by atoms with E-state index in [1.807, 2.05) is 0 Å². The van der Waals surface area contributed by atoms with Crippen LogP contribution in [-0.2, 0) is 10.1 Å². The topological polar surface area (TPSA) is 128 Å². The molecule has 0 unspecified atom stereocenters. The van der Waals surface area contributed by atoms with Gasteiger partial charge in [-0.05, 0) is 53.9 Å². The predicted molar refractivity (Wildman–Crippen MR) is 120 cm³/mol. The summed E-state index contributed by atoms with van der Waals surface area (Å²) in [5, 5.41) is 21.8. The van der Waals surface area contributed by atoms with E-state index >= 15 is 0 Å². The summed E-state index contributed by atoms with van der Waals surface area (Å²) in [5.74, 6) is -0.812. The summed E-state index contributed by atoms with van der Waals surface area (Å²) < 4.78 is 33.7. The zero-order valence-electron chi connectivity index (χ0n) is 16.5. The maximum atomic E-state index is 12.4. The molecule has 0 aliphatic heterocycles. The maximum absolute atomic E-state index is 12.4. The van der Waals surface area contributed by atoms with Crippen LogP contribution in [0.15, 0.2) is 100 Å². The monoisotopic (exact) mass is 447 g/mol. The van der Waals surface area contributed by atoms with Gasteiger partial charge in [-0.25, -0.2) is 0 Å². The van der Waals surface area contributed by atoms with Crippen molar-refractivity contribution in [3.8, 4) is 5.75 Å². The van der Waals surface area contributed by atoms with Gasteiger partial charge in [0.15, 0.2) is 5.75 Å². The third-order valence-electron chi connectivity index (χ3n) is 4.64. The molecule has 4 aromatic rings. The Morgan fingerprint density at radius 2 is 1.50 bits per heavy atom. The van der Waals surface area contributed by atoms with E-state index in [0.29, 0.717) is 16.9 Å². The smallest absolute Gasteiger partial charge is 0.296 e. The van der Waals surface area contributed by atoms with Gasteiger partial charge in [-0.1, -0.05) is 36.4 Å². The third kappa shape index (κ3) is 4.48. The fourth-order valence-electron chi connectivity index (χ4n) is 3.12. The highest BCUT2D eigenvalue weighted by Gasteiger charge is 2.22. The van der Waals surface area contributed by atoms with Crippen LogP contribution in [0.4, 0.5) is 17.1 Å². The van der Waals surface area contributed by atoms with Crippen molar-refractivity contribution in [3.63, 3.8) is 0 Å². The molecule has 4 aromatic carbocycles. The minimum atomic E-state index is -4.73. The molecule has 3 N–H and O–H groups in total. The van der Waals surface area contributed by atoms with Crippen molar-refractivity contribution < 1.29 is 22.9 Å². The molecule has 0 heterocycles. The number of phenolic OH excluding ortho intramolecular Hbond substituents is 1. The maximum Gasteiger partial charge on any atom is 0.296 e. The number of hydrogen-bond acceptors (Lipinski definition) is 6. The Bertz CT molecular complexity index is 1440. The van der Waals surface area contributed by atoms with Crippen molar-refractivity contribution >= 4 is 43.9 Å². The summed E-state index contributed by atoms with van der Waals surface area (Å²) in [5.41, 5.74) is 0.883. The van der Waals surface area contributed by atoms with Gasteiger partial charge in [-0.3, -0.25) is 9.35 Å². The van der Waals surface area contributed by atoms with Crippen molar-refractivity contribution in [2.24, 2.45) is 10.2 Å². The third-order valence-corrected chi connectivity index (χ3v) is 5.51. The van der Waals surface area contributed by atoms with Gasteiger partial charge in [0.1, 0.15) is 10.6 Å². The molecule has 9 heteroatoms. The quantitative estimate of drug-likeness (QED) is 0.276. The lowest BCUT2D eigenvalue weighted by molar-refractivity contribution is 0.102. The van der Waals surface area contributed by atoms with Crippen LogP contribution >= 0.6 is 0 Å². The molecule has 0 saturated carbocycles. The zero-order valence-corrected chi connectivity index (χ0v) is 17.3. The second kappa shape index (κ2) is 8.58. The first-order valence-electron chi connectivity index (χ1n) is 9.43. The lowest BCUT2D eigenvalue weighted by Crippen LogP contribution is -2.11. The molecule has 0 spiro atoms. The van der Waals surface area contributed by atoms with Gasteiger partial charge in [0.05, 0.1) is 5.69 Å². The minimum absolute atomic E-state index is 0.275. The largest absolute Gasteiger partial charge is 0.505 e. The van der Waals surface area contributed by atoms with E-state index in [1.165, 1.54) is 18.2 Å². The Balaban J connectivity index is 1.77. The number of anilines is 1. The number of azo groups is 1. The lowest BCUT2D eigenvalue weighted by atomic mass is 10.1. The second-order valence-corrected chi connectivity index (χ2v) is 8.23. The van der Waals surface area contributed by atoms with Gasteiger partial charge in [-0.15, -0.1) is 5.11 Å². The number of carbonyl (C=O) groups is 1. The standard InChI is InChI=1S/C23H17N3O5S/c27-22-19-12-11-18(24-23(28)15-7-3-1-4-8-15)13-16(19)14-20(32(29,30)31)21(22)26-25-17-9-5-2-6-10-17/h1-14,27H,(H,24,28)(H,29,30,31). The van der Waals surface area contributed by atoms with Crippen molar-refractivity contribution in [1.29, 1.82) is 0 Å². The molecule has 0 fully saturated rings. The number of amides is 1. The van der Waals surface area contributed by atoms with Crippen LogP contribution in [-0.4, -0.2) is 24.0 Å². The Morgan fingerprint density at radius 1 is 0.844 bits per heavy atom. The summed E-state index contributed by atoms with van der Waals surface area (Å²) >= 11 is 0. The number of fused-ring (bicyclic) bond motifs is 1. The molecule has 4 rings (SSSR count). The number of aromatic hydroxyl groups is 1. The fraction of sp³-hybridized carbons (Fsp3) is 0. The van der Waals surface area contributed by atoms with Crippen molar-refractivity contribution in [2.75, 3.05) is 5.32 Å². The molecule has 0 atom stereocenters. The van der Waals surface area contributed by atoms with Crippen LogP contribution in [0, 0.1) is 0 Å². The van der Waals surface area contributed by atoms with Crippen LogP contribution < -0.4 is 5.32 Å². The Hall–Kier alpha value is -4.08. The number of nitrogens with one attached hydrogen (secondary N) is 1. The number of hydrogen-bond donors (Lipinski definition) is 3. The van der Waals surface area contributed by atoms with Crippen LogP contribution in [0.5, 0.6) is 5.75 Å². The first-order valence-corrected chi connectivity index (χ1v) is 10.9. The Morgan fingerprint density at radius 3 is 2.16 bits per heavy atom. The van der Waals surface area contributed by atoms with E-state index < -0.39 is 20.8 Å². The molecule has 0 saturated heterocycles. The van der Waals surface area contributed by atoms with E-state index in [9.17, 15) is 22.9 Å². The van der Waals surface area contributed by atoms with Gasteiger partial charge in [0.25, 0.3) is 16.0 Å². The molecule has 8 nitrogen and oxygen atoms in total. The highest BCUT2D eigenvalue weighted by Crippen LogP contribution is 2.42. The van der Waals surface area contributed by atoms with E-state index in [2.05, 4.69) is 15.5 Å². The van der Waals surface area contributed by atoms with Gasteiger partial charge < -0.3 is 10.4 Å². The van der Waals surface area contributed by atoms with Crippen molar-refractivity contribution in [1.82, 2.24) is 0 Å². The van der Waals surface area contributed by atoms with Gasteiger partial charge in [0, 0.05) is 16.6 Å². The van der Waals surface area contributed by atoms with Crippen molar-refractivity contribution in [3.05, 3.63) is 90.5 Å². The van der Waals surface area contributed by atoms with E-state index in [0.717, 1.165) is 0 Å². The van der Waals surface area contributed by atoms with Crippen LogP contribution in [0.1, 0.15) is 10.4 Å². The second-order valence-electron chi connectivity index (χ2n) is 6.84. The summed E-state index contributed by atoms with van der Waals surface area (Å²) in [6, 6.07) is 22.8. The normalized spacial score (nSPS) is 11.7. The van der Waals surface area contributed by atoms with E-state index in [1.54, 1.807) is 66.7 Å².